The van der Waals surface area contributed by atoms with Gasteiger partial charge in [-0.3, -0.25) is 9.48 Å². The van der Waals surface area contributed by atoms with Crippen LogP contribution in [0.1, 0.15) is 52.5 Å². The number of nitrogens with one attached hydrogen (secondary N) is 2. The summed E-state index contributed by atoms with van der Waals surface area (Å²) in [5, 5.41) is 17.9. The van der Waals surface area contributed by atoms with Crippen LogP contribution >= 0.6 is 0 Å². The summed E-state index contributed by atoms with van der Waals surface area (Å²) in [6.07, 6.45) is 5.27. The van der Waals surface area contributed by atoms with Crippen LogP contribution in [-0.4, -0.2) is 27.9 Å². The van der Waals surface area contributed by atoms with E-state index in [1.165, 1.54) is 0 Å². The lowest BCUT2D eigenvalue weighted by Gasteiger charge is -2.27. The second-order valence-electron chi connectivity index (χ2n) is 9.21. The second kappa shape index (κ2) is 8.10. The van der Waals surface area contributed by atoms with Gasteiger partial charge in [0.15, 0.2) is 15.7 Å². The molecule has 2 unspecified atom stereocenters. The molecule has 0 amide bonds. The first kappa shape index (κ1) is 22.1. The highest BCUT2D eigenvalue weighted by atomic mass is 32.2. The van der Waals surface area contributed by atoms with Gasteiger partial charge < -0.3 is 10.3 Å². The Morgan fingerprint density at radius 3 is 2.50 bits per heavy atom. The number of aromatic amines is 1. The maximum absolute atomic E-state index is 12.7. The summed E-state index contributed by atoms with van der Waals surface area (Å²) in [5.74, 6) is 0.233. The Kier molecular flexibility index (Phi) is 5.59. The summed E-state index contributed by atoms with van der Waals surface area (Å²) in [6, 6.07) is 10.6. The lowest BCUT2D eigenvalue weighted by atomic mass is 9.85. The van der Waals surface area contributed by atoms with E-state index >= 15 is 0 Å². The third kappa shape index (κ3) is 3.79. The van der Waals surface area contributed by atoms with Crippen molar-refractivity contribution in [3.05, 3.63) is 46.9 Å². The van der Waals surface area contributed by atoms with Crippen molar-refractivity contribution in [1.29, 1.82) is 5.26 Å². The van der Waals surface area contributed by atoms with E-state index in [0.717, 1.165) is 25.7 Å². The van der Waals surface area contributed by atoms with Crippen LogP contribution in [0.2, 0.25) is 0 Å². The van der Waals surface area contributed by atoms with Crippen molar-refractivity contribution < 1.29 is 8.42 Å². The molecule has 8 nitrogen and oxygen atoms in total. The lowest BCUT2D eigenvalue weighted by Crippen LogP contribution is -2.27. The number of pyridine rings is 1. The molecule has 0 aliphatic heterocycles. The zero-order chi connectivity index (χ0) is 23.1. The van der Waals surface area contributed by atoms with Crippen LogP contribution in [0.4, 0.5) is 11.5 Å². The van der Waals surface area contributed by atoms with E-state index in [1.807, 2.05) is 0 Å². The molecule has 1 fully saturated rings. The predicted octanol–water partition coefficient (Wildman–Crippen LogP) is 4.30. The molecule has 168 valence electrons. The molecule has 2 aromatic heterocycles. The van der Waals surface area contributed by atoms with Gasteiger partial charge in [-0.1, -0.05) is 12.8 Å². The maximum atomic E-state index is 12.7. The third-order valence-electron chi connectivity index (χ3n) is 6.07. The molecule has 2 N–H and O–H groups in total. The molecular weight excluding hydrogens is 426 g/mol. The number of hydrogen-bond acceptors (Lipinski definition) is 6. The molecule has 1 aromatic carbocycles. The fourth-order valence-corrected chi connectivity index (χ4v) is 5.40. The summed E-state index contributed by atoms with van der Waals surface area (Å²) in [5.41, 5.74) is 1.02. The smallest absolute Gasteiger partial charge is 0.261 e. The molecule has 2 heterocycles. The van der Waals surface area contributed by atoms with Crippen LogP contribution in [0.15, 0.2) is 46.2 Å². The molecule has 1 saturated carbocycles. The number of nitriles is 1. The normalized spacial score (nSPS) is 19.6. The van der Waals surface area contributed by atoms with Crippen molar-refractivity contribution in [3.63, 3.8) is 0 Å². The molecule has 0 bridgehead atoms. The predicted molar refractivity (Wildman–Crippen MR) is 124 cm³/mol. The molecule has 4 rings (SSSR count). The van der Waals surface area contributed by atoms with Gasteiger partial charge in [0, 0.05) is 11.9 Å². The van der Waals surface area contributed by atoms with E-state index in [9.17, 15) is 18.5 Å². The molecule has 0 saturated heterocycles. The van der Waals surface area contributed by atoms with E-state index in [2.05, 4.69) is 16.4 Å². The van der Waals surface area contributed by atoms with Crippen LogP contribution in [-0.2, 0) is 9.84 Å². The Morgan fingerprint density at radius 1 is 1.16 bits per heavy atom. The third-order valence-corrected chi connectivity index (χ3v) is 8.58. The van der Waals surface area contributed by atoms with Crippen LogP contribution in [0.25, 0.3) is 10.9 Å². The summed E-state index contributed by atoms with van der Waals surface area (Å²) >= 11 is 0. The Bertz CT molecular complexity index is 1340. The molecule has 2 atom stereocenters. The number of nitrogens with zero attached hydrogens (tertiary/aromatic N) is 3. The van der Waals surface area contributed by atoms with Crippen molar-refractivity contribution in [3.8, 4) is 6.07 Å². The van der Waals surface area contributed by atoms with Crippen LogP contribution < -0.4 is 10.9 Å². The first-order valence-electron chi connectivity index (χ1n) is 10.7. The minimum Gasteiger partial charge on any atom is -0.338 e. The number of H-pyrrole nitrogens is 1. The zero-order valence-electron chi connectivity index (χ0n) is 18.4. The highest BCUT2D eigenvalue weighted by molar-refractivity contribution is 7.92. The maximum Gasteiger partial charge on any atom is 0.261 e. The van der Waals surface area contributed by atoms with E-state index in [0.29, 0.717) is 22.4 Å². The molecule has 32 heavy (non-hydrogen) atoms. The summed E-state index contributed by atoms with van der Waals surface area (Å²) in [4.78, 5) is 15.6. The molecule has 1 aliphatic carbocycles. The average molecular weight is 454 g/mol. The largest absolute Gasteiger partial charge is 0.338 e. The lowest BCUT2D eigenvalue weighted by molar-refractivity contribution is 0.277. The molecular formula is C23H27N5O3S. The monoisotopic (exact) mass is 453 g/mol. The molecule has 0 spiro atoms. The van der Waals surface area contributed by atoms with Crippen LogP contribution in [0, 0.1) is 17.2 Å². The highest BCUT2D eigenvalue weighted by Gasteiger charge is 2.31. The van der Waals surface area contributed by atoms with Gasteiger partial charge in [0.25, 0.3) is 5.56 Å². The summed E-state index contributed by atoms with van der Waals surface area (Å²) in [6.45, 7) is 5.00. The minimum atomic E-state index is -3.46. The van der Waals surface area contributed by atoms with Crippen molar-refractivity contribution in [2.45, 2.75) is 62.1 Å². The SMILES string of the molecule is CC(C)(C)S(=O)(=O)c1ccc(Nc2nn(C3CCCCC3C#N)c3cc[nH]c(=O)c23)cc1. The van der Waals surface area contributed by atoms with E-state index in [4.69, 9.17) is 5.10 Å². The van der Waals surface area contributed by atoms with Crippen molar-refractivity contribution in [2.24, 2.45) is 5.92 Å². The summed E-state index contributed by atoms with van der Waals surface area (Å²) < 4.78 is 26.2. The minimum absolute atomic E-state index is 0.0899. The van der Waals surface area contributed by atoms with Gasteiger partial charge in [0.05, 0.1) is 33.2 Å². The van der Waals surface area contributed by atoms with Gasteiger partial charge in [0.1, 0.15) is 5.39 Å². The van der Waals surface area contributed by atoms with Crippen LogP contribution in [0.3, 0.4) is 0 Å². The molecule has 9 heteroatoms. The zero-order valence-corrected chi connectivity index (χ0v) is 19.2. The fraction of sp³-hybridized carbons (Fsp3) is 0.435. The van der Waals surface area contributed by atoms with Crippen molar-refractivity contribution in [1.82, 2.24) is 14.8 Å². The number of anilines is 2. The van der Waals surface area contributed by atoms with E-state index in [-0.39, 0.29) is 22.4 Å². The molecule has 0 radical (unpaired) electrons. The van der Waals surface area contributed by atoms with Gasteiger partial charge in [-0.15, -0.1) is 0 Å². The van der Waals surface area contributed by atoms with Gasteiger partial charge in [-0.2, -0.15) is 10.4 Å². The van der Waals surface area contributed by atoms with Gasteiger partial charge in [-0.25, -0.2) is 8.42 Å². The highest BCUT2D eigenvalue weighted by Crippen LogP contribution is 2.36. The topological polar surface area (TPSA) is 121 Å². The quantitative estimate of drug-likeness (QED) is 0.608. The van der Waals surface area contributed by atoms with Gasteiger partial charge in [0.2, 0.25) is 0 Å². The first-order valence-corrected chi connectivity index (χ1v) is 12.2. The first-order chi connectivity index (χ1) is 15.1. The average Bonchev–Trinajstić information content (AvgIpc) is 3.12. The van der Waals surface area contributed by atoms with Crippen molar-refractivity contribution >= 4 is 32.2 Å². The number of rotatable bonds is 4. The standard InChI is InChI=1S/C23H27N5O3S/c1-23(2,3)32(30,31)17-10-8-16(9-11-17)26-21-20-19(12-13-25-22(20)29)28(27-21)18-7-5-4-6-15(18)14-24/h8-13,15,18H,4-7H2,1-3H3,(H,25,29)(H,26,27). The number of sulfone groups is 1. The Hall–Kier alpha value is -3.12. The Balaban J connectivity index is 1.73. The number of aromatic nitrogens is 3. The number of fused-ring (bicyclic) bond motifs is 1. The molecule has 3 aromatic rings. The van der Waals surface area contributed by atoms with E-state index < -0.39 is 14.6 Å². The van der Waals surface area contributed by atoms with Crippen molar-refractivity contribution in [2.75, 3.05) is 5.32 Å². The van der Waals surface area contributed by atoms with Gasteiger partial charge in [-0.05, 0) is 63.9 Å². The fourth-order valence-electron chi connectivity index (χ4n) is 4.20. The molecule has 1 aliphatic rings. The summed E-state index contributed by atoms with van der Waals surface area (Å²) in [7, 11) is -3.46. The number of benzene rings is 1. The van der Waals surface area contributed by atoms with E-state index in [1.54, 1.807) is 62.0 Å². The second-order valence-corrected chi connectivity index (χ2v) is 11.9. The Labute approximate surface area is 187 Å². The number of hydrogen-bond donors (Lipinski definition) is 2. The van der Waals surface area contributed by atoms with Gasteiger partial charge >= 0.3 is 0 Å². The van der Waals surface area contributed by atoms with Crippen LogP contribution in [0.5, 0.6) is 0 Å². The Morgan fingerprint density at radius 2 is 1.84 bits per heavy atom.